The van der Waals surface area contributed by atoms with Gasteiger partial charge < -0.3 is 5.73 Å². The van der Waals surface area contributed by atoms with Crippen LogP contribution in [0.15, 0.2) is 18.2 Å². The van der Waals surface area contributed by atoms with Crippen LogP contribution in [0.3, 0.4) is 0 Å². The molecule has 1 unspecified atom stereocenters. The number of rotatable bonds is 3. The molecule has 2 rings (SSSR count). The van der Waals surface area contributed by atoms with Gasteiger partial charge >= 0.3 is 0 Å². The van der Waals surface area contributed by atoms with Gasteiger partial charge in [0, 0.05) is 23.7 Å². The number of hydrogen-bond acceptors (Lipinski definition) is 2. The van der Waals surface area contributed by atoms with Gasteiger partial charge in [-0.1, -0.05) is 24.4 Å². The molecule has 1 aliphatic heterocycles. The molecule has 1 atom stereocenters. The van der Waals surface area contributed by atoms with Crippen LogP contribution >= 0.6 is 12.2 Å². The summed E-state index contributed by atoms with van der Waals surface area (Å²) in [6, 6.07) is 5.78. The van der Waals surface area contributed by atoms with Crippen LogP contribution in [0.1, 0.15) is 30.9 Å². The van der Waals surface area contributed by atoms with Gasteiger partial charge in [-0.05, 0) is 32.4 Å². The molecule has 1 saturated heterocycles. The maximum Gasteiger partial charge on any atom is 0.137 e. The quantitative estimate of drug-likeness (QED) is 0.838. The van der Waals surface area contributed by atoms with Gasteiger partial charge in [-0.3, -0.25) is 4.90 Å². The zero-order valence-corrected chi connectivity index (χ0v) is 10.8. The van der Waals surface area contributed by atoms with Gasteiger partial charge in [-0.25, -0.2) is 4.39 Å². The number of halogens is 1. The summed E-state index contributed by atoms with van der Waals surface area (Å²) in [5.41, 5.74) is 6.53. The molecule has 0 aromatic heterocycles. The van der Waals surface area contributed by atoms with E-state index in [0.29, 0.717) is 23.7 Å². The predicted molar refractivity (Wildman–Crippen MR) is 71.4 cm³/mol. The minimum atomic E-state index is -0.265. The van der Waals surface area contributed by atoms with Gasteiger partial charge in [0.05, 0.1) is 0 Å². The second-order valence-corrected chi connectivity index (χ2v) is 5.04. The Morgan fingerprint density at radius 1 is 1.59 bits per heavy atom. The van der Waals surface area contributed by atoms with Crippen molar-refractivity contribution in [3.63, 3.8) is 0 Å². The maximum atomic E-state index is 14.1. The first-order valence-electron chi connectivity index (χ1n) is 5.91. The number of nitrogens with zero attached hydrogens (tertiary/aromatic N) is 1. The Balaban J connectivity index is 2.21. The molecule has 1 aliphatic rings. The number of hydrogen-bond donors (Lipinski definition) is 1. The van der Waals surface area contributed by atoms with Crippen molar-refractivity contribution in [1.29, 1.82) is 0 Å². The highest BCUT2D eigenvalue weighted by Gasteiger charge is 2.21. The molecule has 92 valence electrons. The minimum absolute atomic E-state index is 0.124. The summed E-state index contributed by atoms with van der Waals surface area (Å²) in [5.74, 6) is -0.265. The fourth-order valence-electron chi connectivity index (χ4n) is 2.34. The van der Waals surface area contributed by atoms with Crippen molar-refractivity contribution in [3.8, 4) is 0 Å². The highest BCUT2D eigenvalue weighted by molar-refractivity contribution is 7.80. The van der Waals surface area contributed by atoms with E-state index in [4.69, 9.17) is 18.0 Å². The van der Waals surface area contributed by atoms with E-state index in [9.17, 15) is 4.39 Å². The van der Waals surface area contributed by atoms with Crippen molar-refractivity contribution in [2.75, 3.05) is 6.54 Å². The third-order valence-electron chi connectivity index (χ3n) is 3.41. The van der Waals surface area contributed by atoms with E-state index in [-0.39, 0.29) is 10.8 Å². The summed E-state index contributed by atoms with van der Waals surface area (Å²) in [4.78, 5) is 2.42. The normalized spacial score (nSPS) is 20.7. The lowest BCUT2D eigenvalue weighted by atomic mass is 10.1. The molecule has 0 spiro atoms. The second-order valence-electron chi connectivity index (χ2n) is 4.60. The van der Waals surface area contributed by atoms with Crippen LogP contribution in [0.2, 0.25) is 0 Å². The standard InChI is InChI=1S/C13H17FN2S/c1-9-4-3-7-16(9)8-10-5-2-6-11(12(10)14)13(15)17/h2,5-6,9H,3-4,7-8H2,1H3,(H2,15,17). The van der Waals surface area contributed by atoms with E-state index < -0.39 is 0 Å². The average Bonchev–Trinajstić information content (AvgIpc) is 2.67. The van der Waals surface area contributed by atoms with E-state index in [1.54, 1.807) is 6.07 Å². The SMILES string of the molecule is CC1CCCN1Cc1cccc(C(N)=S)c1F. The van der Waals surface area contributed by atoms with Crippen molar-refractivity contribution in [1.82, 2.24) is 4.90 Å². The number of nitrogens with two attached hydrogens (primary N) is 1. The van der Waals surface area contributed by atoms with Crippen LogP contribution in [-0.2, 0) is 6.54 Å². The molecular formula is C13H17FN2S. The smallest absolute Gasteiger partial charge is 0.137 e. The number of likely N-dealkylation sites (tertiary alicyclic amines) is 1. The lowest BCUT2D eigenvalue weighted by Gasteiger charge is -2.21. The molecule has 0 amide bonds. The van der Waals surface area contributed by atoms with Crippen molar-refractivity contribution in [3.05, 3.63) is 35.1 Å². The summed E-state index contributed by atoms with van der Waals surface area (Å²) in [7, 11) is 0. The van der Waals surface area contributed by atoms with Crippen molar-refractivity contribution in [2.24, 2.45) is 5.73 Å². The van der Waals surface area contributed by atoms with Crippen LogP contribution in [0, 0.1) is 5.82 Å². The summed E-state index contributed by atoms with van der Waals surface area (Å²) in [6.45, 7) is 3.86. The van der Waals surface area contributed by atoms with Crippen LogP contribution in [0.25, 0.3) is 0 Å². The zero-order valence-electron chi connectivity index (χ0n) is 9.95. The van der Waals surface area contributed by atoms with Crippen LogP contribution in [0.5, 0.6) is 0 Å². The topological polar surface area (TPSA) is 29.3 Å². The number of benzene rings is 1. The monoisotopic (exact) mass is 252 g/mol. The Kier molecular flexibility index (Phi) is 3.74. The Morgan fingerprint density at radius 3 is 2.94 bits per heavy atom. The van der Waals surface area contributed by atoms with Crippen LogP contribution in [-0.4, -0.2) is 22.5 Å². The van der Waals surface area contributed by atoms with Gasteiger partial charge in [0.25, 0.3) is 0 Å². The Labute approximate surface area is 107 Å². The molecule has 0 radical (unpaired) electrons. The fraction of sp³-hybridized carbons (Fsp3) is 0.462. The van der Waals surface area contributed by atoms with E-state index in [1.807, 2.05) is 12.1 Å². The Morgan fingerprint density at radius 2 is 2.35 bits per heavy atom. The first kappa shape index (κ1) is 12.5. The third-order valence-corrected chi connectivity index (χ3v) is 3.63. The zero-order chi connectivity index (χ0) is 12.4. The van der Waals surface area contributed by atoms with E-state index in [1.165, 1.54) is 12.8 Å². The van der Waals surface area contributed by atoms with E-state index in [0.717, 1.165) is 6.54 Å². The largest absolute Gasteiger partial charge is 0.389 e. The lowest BCUT2D eigenvalue weighted by Crippen LogP contribution is -2.27. The first-order valence-corrected chi connectivity index (χ1v) is 6.31. The summed E-state index contributed by atoms with van der Waals surface area (Å²) >= 11 is 4.84. The molecule has 17 heavy (non-hydrogen) atoms. The highest BCUT2D eigenvalue weighted by Crippen LogP contribution is 2.21. The van der Waals surface area contributed by atoms with Crippen molar-refractivity contribution in [2.45, 2.75) is 32.4 Å². The molecule has 2 N–H and O–H groups in total. The molecular weight excluding hydrogens is 235 g/mol. The summed E-state index contributed by atoms with van der Waals surface area (Å²) < 4.78 is 14.1. The average molecular weight is 252 g/mol. The van der Waals surface area contributed by atoms with Gasteiger partial charge in [0.1, 0.15) is 10.8 Å². The molecule has 0 saturated carbocycles. The fourth-order valence-corrected chi connectivity index (χ4v) is 2.50. The minimum Gasteiger partial charge on any atom is -0.389 e. The summed E-state index contributed by atoms with van der Waals surface area (Å²) in [5, 5.41) is 0. The number of thiocarbonyl (C=S) groups is 1. The van der Waals surface area contributed by atoms with Crippen LogP contribution < -0.4 is 5.73 Å². The summed E-state index contributed by atoms with van der Waals surface area (Å²) in [6.07, 6.45) is 2.38. The van der Waals surface area contributed by atoms with Gasteiger partial charge in [-0.15, -0.1) is 0 Å². The van der Waals surface area contributed by atoms with Gasteiger partial charge in [0.2, 0.25) is 0 Å². The molecule has 4 heteroatoms. The molecule has 2 nitrogen and oxygen atoms in total. The first-order chi connectivity index (χ1) is 8.09. The Bertz CT molecular complexity index is 433. The van der Waals surface area contributed by atoms with Crippen molar-refractivity contribution >= 4 is 17.2 Å². The third kappa shape index (κ3) is 2.64. The molecule has 0 aliphatic carbocycles. The molecule has 1 fully saturated rings. The van der Waals surface area contributed by atoms with Crippen LogP contribution in [0.4, 0.5) is 4.39 Å². The molecule has 0 bridgehead atoms. The van der Waals surface area contributed by atoms with E-state index >= 15 is 0 Å². The highest BCUT2D eigenvalue weighted by atomic mass is 32.1. The molecule has 1 heterocycles. The lowest BCUT2D eigenvalue weighted by molar-refractivity contribution is 0.256. The van der Waals surface area contributed by atoms with Crippen molar-refractivity contribution < 1.29 is 4.39 Å². The van der Waals surface area contributed by atoms with E-state index in [2.05, 4.69) is 11.8 Å². The molecule has 1 aromatic carbocycles. The van der Waals surface area contributed by atoms with Gasteiger partial charge in [-0.2, -0.15) is 0 Å². The van der Waals surface area contributed by atoms with Gasteiger partial charge in [0.15, 0.2) is 0 Å². The maximum absolute atomic E-state index is 14.1. The molecule has 1 aromatic rings. The Hall–Kier alpha value is -1.00. The predicted octanol–water partition coefficient (Wildman–Crippen LogP) is 2.44. The second kappa shape index (κ2) is 5.10.